The number of phosphoric ester groups is 1. The van der Waals surface area contributed by atoms with Crippen molar-refractivity contribution < 1.29 is 46.7 Å². The van der Waals surface area contributed by atoms with E-state index in [1.54, 1.807) is 23.5 Å². The van der Waals surface area contributed by atoms with Gasteiger partial charge in [-0.15, -0.1) is 0 Å². The van der Waals surface area contributed by atoms with Gasteiger partial charge in [0, 0.05) is 11.8 Å². The van der Waals surface area contributed by atoms with Crippen molar-refractivity contribution >= 4 is 13.7 Å². The Balaban J connectivity index is 1.73. The van der Waals surface area contributed by atoms with Crippen LogP contribution in [0.4, 0.5) is 13.2 Å². The van der Waals surface area contributed by atoms with E-state index in [-0.39, 0.29) is 24.5 Å². The van der Waals surface area contributed by atoms with Crippen LogP contribution in [-0.2, 0) is 24.2 Å². The first-order valence-corrected chi connectivity index (χ1v) is 10.8. The number of hydrogen-bond acceptors (Lipinski definition) is 6. The number of aliphatic hydroxyl groups excluding tert-OH is 1. The van der Waals surface area contributed by atoms with Crippen LogP contribution in [0, 0.1) is 0 Å². The summed E-state index contributed by atoms with van der Waals surface area (Å²) >= 11 is 0. The number of halogens is 3. The minimum Gasteiger partial charge on any atom is -0.386 e. The van der Waals surface area contributed by atoms with Crippen molar-refractivity contribution in [1.29, 1.82) is 0 Å². The zero-order chi connectivity index (χ0) is 23.5. The van der Waals surface area contributed by atoms with E-state index in [2.05, 4.69) is 4.98 Å². The van der Waals surface area contributed by atoms with Gasteiger partial charge >= 0.3 is 14.2 Å². The molecule has 174 valence electrons. The van der Waals surface area contributed by atoms with E-state index in [0.29, 0.717) is 11.1 Å². The van der Waals surface area contributed by atoms with Gasteiger partial charge in [-0.2, -0.15) is 8.78 Å². The quantitative estimate of drug-likeness (QED) is 0.403. The summed E-state index contributed by atoms with van der Waals surface area (Å²) in [6, 6.07) is 7.70. The number of nitrogens with zero attached hydrogens (tertiary/aromatic N) is 1. The molecule has 1 aliphatic heterocycles. The van der Waals surface area contributed by atoms with Crippen molar-refractivity contribution in [2.45, 2.75) is 24.2 Å². The molecule has 0 bridgehead atoms. The highest BCUT2D eigenvalue weighted by atomic mass is 31.2. The maximum Gasteiger partial charge on any atom is 0.470 e. The van der Waals surface area contributed by atoms with Gasteiger partial charge in [0.2, 0.25) is 0 Å². The minimum atomic E-state index is -4.77. The number of aliphatic hydroxyl groups is 1. The van der Waals surface area contributed by atoms with Crippen LogP contribution >= 0.6 is 7.82 Å². The van der Waals surface area contributed by atoms with Crippen LogP contribution in [0.3, 0.4) is 0 Å². The average Bonchev–Trinajstić information content (AvgIpc) is 2.73. The number of pyridine rings is 1. The monoisotopic (exact) mass is 476 g/mol. The average molecular weight is 476 g/mol. The number of nitrogens with one attached hydrogen (secondary N) is 1. The lowest BCUT2D eigenvalue weighted by molar-refractivity contribution is -0.178. The molecular weight excluding hydrogens is 456 g/mol. The zero-order valence-corrected chi connectivity index (χ0v) is 17.3. The molecule has 1 aliphatic rings. The molecule has 3 rings (SSSR count). The lowest BCUT2D eigenvalue weighted by Gasteiger charge is -2.39. The molecule has 1 aromatic heterocycles. The Bertz CT molecular complexity index is 981. The number of benzene rings is 1. The van der Waals surface area contributed by atoms with E-state index < -0.39 is 44.6 Å². The van der Waals surface area contributed by atoms with Gasteiger partial charge in [-0.3, -0.25) is 14.3 Å². The van der Waals surface area contributed by atoms with E-state index >= 15 is 0 Å². The van der Waals surface area contributed by atoms with Gasteiger partial charge in [0.15, 0.2) is 5.60 Å². The predicted molar refractivity (Wildman–Crippen MR) is 104 cm³/mol. The van der Waals surface area contributed by atoms with Crippen LogP contribution in [0.15, 0.2) is 42.6 Å². The maximum absolute atomic E-state index is 13.1. The summed E-state index contributed by atoms with van der Waals surface area (Å²) < 4.78 is 59.0. The fourth-order valence-electron chi connectivity index (χ4n) is 3.15. The van der Waals surface area contributed by atoms with Gasteiger partial charge in [0.1, 0.15) is 12.8 Å². The number of hydrogen-bond donors (Lipinski definition) is 4. The van der Waals surface area contributed by atoms with Gasteiger partial charge in [-0.05, 0) is 17.2 Å². The summed E-state index contributed by atoms with van der Waals surface area (Å²) in [4.78, 5) is 33.5. The van der Waals surface area contributed by atoms with Gasteiger partial charge in [-0.1, -0.05) is 30.3 Å². The molecule has 2 aromatic rings. The number of carbonyl (C=O) groups is 1. The van der Waals surface area contributed by atoms with E-state index in [1.165, 1.54) is 24.4 Å². The Morgan fingerprint density at radius 3 is 2.25 bits per heavy atom. The molecule has 0 aliphatic carbocycles. The van der Waals surface area contributed by atoms with E-state index in [9.17, 15) is 27.6 Å². The van der Waals surface area contributed by atoms with Crippen LogP contribution in [-0.4, -0.2) is 58.1 Å². The number of alkyl halides is 3. The lowest BCUT2D eigenvalue weighted by Crippen LogP contribution is -2.48. The smallest absolute Gasteiger partial charge is 0.386 e. The van der Waals surface area contributed by atoms with E-state index in [4.69, 9.17) is 19.0 Å². The molecule has 13 heteroatoms. The Morgan fingerprint density at radius 1 is 1.19 bits per heavy atom. The molecule has 2 atom stereocenters. The number of phosphoric acid groups is 1. The van der Waals surface area contributed by atoms with Gasteiger partial charge < -0.3 is 24.9 Å². The summed E-state index contributed by atoms with van der Waals surface area (Å²) in [6.07, 6.45) is -3.41. The summed E-state index contributed by atoms with van der Waals surface area (Å²) in [6.45, 7) is -1.36. The largest absolute Gasteiger partial charge is 0.470 e. The summed E-state index contributed by atoms with van der Waals surface area (Å²) in [5.74, 6) is -1.67. The third-order valence-electron chi connectivity index (χ3n) is 4.85. The first-order valence-electron chi connectivity index (χ1n) is 9.28. The molecular formula is C19H20F3N2O7P. The van der Waals surface area contributed by atoms with Crippen LogP contribution in [0.1, 0.15) is 17.4 Å². The molecule has 1 aromatic carbocycles. The summed E-state index contributed by atoms with van der Waals surface area (Å²) in [7, 11) is -4.77. The molecule has 9 nitrogen and oxygen atoms in total. The Hall–Kier alpha value is -2.34. The fourth-order valence-corrected chi connectivity index (χ4v) is 3.80. The number of rotatable bonds is 9. The van der Waals surface area contributed by atoms with Crippen LogP contribution in [0.5, 0.6) is 0 Å². The van der Waals surface area contributed by atoms with E-state index in [1.807, 2.05) is 0 Å². The van der Waals surface area contributed by atoms with Crippen LogP contribution < -0.4 is 5.32 Å². The Kier molecular flexibility index (Phi) is 7.33. The second-order valence-electron chi connectivity index (χ2n) is 7.14. The van der Waals surface area contributed by atoms with Gasteiger partial charge in [0.25, 0.3) is 5.91 Å². The number of amides is 1. The molecule has 1 saturated heterocycles. The highest BCUT2D eigenvalue weighted by Gasteiger charge is 2.47. The lowest BCUT2D eigenvalue weighted by atomic mass is 9.95. The second-order valence-corrected chi connectivity index (χ2v) is 8.30. The molecule has 32 heavy (non-hydrogen) atoms. The topological polar surface area (TPSA) is 138 Å². The number of aromatic nitrogens is 1. The molecule has 0 saturated carbocycles. The van der Waals surface area contributed by atoms with Crippen molar-refractivity contribution in [2.75, 3.05) is 19.9 Å². The first-order chi connectivity index (χ1) is 15.0. The van der Waals surface area contributed by atoms with Crippen molar-refractivity contribution in [3.8, 4) is 11.1 Å². The summed E-state index contributed by atoms with van der Waals surface area (Å²) in [5, 5.41) is 12.0. The Morgan fingerprint density at radius 2 is 1.81 bits per heavy atom. The minimum absolute atomic E-state index is 0.0606. The molecule has 2 heterocycles. The highest BCUT2D eigenvalue weighted by molar-refractivity contribution is 7.46. The first kappa shape index (κ1) is 24.3. The standard InChI is InChI=1S/C19H20F3N2O7P/c20-7-14(24-18(26)17(21)22)16(25)12-3-1-11(2-4-12)13-5-6-15(23-8-13)19(9-30-10-19)31-32(27,28)29/h1-6,8,14,16-17,25H,7,9-10H2,(H,24,26)(H2,27,28,29)/t14-,16-/m1/s1. The number of ether oxygens (including phenoxy) is 1. The second kappa shape index (κ2) is 9.65. The molecule has 0 unspecified atom stereocenters. The molecule has 1 fully saturated rings. The zero-order valence-electron chi connectivity index (χ0n) is 16.4. The van der Waals surface area contributed by atoms with Crippen LogP contribution in [0.2, 0.25) is 0 Å². The predicted octanol–water partition coefficient (Wildman–Crippen LogP) is 1.84. The maximum atomic E-state index is 13.1. The SMILES string of the molecule is O=C(N[C@H](CF)[C@H](O)c1ccc(-c2ccc(C3(OP(=O)(O)O)COC3)nc2)cc1)C(F)F. The molecule has 0 radical (unpaired) electrons. The van der Waals surface area contributed by atoms with Gasteiger partial charge in [-0.25, -0.2) is 8.96 Å². The van der Waals surface area contributed by atoms with Crippen molar-refractivity contribution in [2.24, 2.45) is 0 Å². The van der Waals surface area contributed by atoms with Crippen molar-refractivity contribution in [1.82, 2.24) is 10.3 Å². The van der Waals surface area contributed by atoms with Crippen LogP contribution in [0.25, 0.3) is 11.1 Å². The molecule has 4 N–H and O–H groups in total. The fraction of sp³-hybridized carbons (Fsp3) is 0.368. The third kappa shape index (κ3) is 5.52. The number of carbonyl (C=O) groups excluding carboxylic acids is 1. The summed E-state index contributed by atoms with van der Waals surface area (Å²) in [5.41, 5.74) is 0.410. The van der Waals surface area contributed by atoms with Gasteiger partial charge in [0.05, 0.1) is 24.9 Å². The normalized spacial score (nSPS) is 17.5. The van der Waals surface area contributed by atoms with E-state index in [0.717, 1.165) is 0 Å². The van der Waals surface area contributed by atoms with Crippen molar-refractivity contribution in [3.63, 3.8) is 0 Å². The third-order valence-corrected chi connectivity index (χ3v) is 5.44. The highest BCUT2D eigenvalue weighted by Crippen LogP contribution is 2.48. The Labute approximate surface area is 180 Å². The molecule has 1 amide bonds. The molecule has 0 spiro atoms. The van der Waals surface area contributed by atoms with Crippen molar-refractivity contribution in [3.05, 3.63) is 53.9 Å².